The zero-order valence-electron chi connectivity index (χ0n) is 12.7. The van der Waals surface area contributed by atoms with Crippen LogP contribution < -0.4 is 15.4 Å². The van der Waals surface area contributed by atoms with Crippen LogP contribution in [0, 0.1) is 0 Å². The highest BCUT2D eigenvalue weighted by molar-refractivity contribution is 6.02. The van der Waals surface area contributed by atoms with Crippen molar-refractivity contribution in [1.82, 2.24) is 10.2 Å². The van der Waals surface area contributed by atoms with Crippen LogP contribution in [0.5, 0.6) is 5.75 Å². The third kappa shape index (κ3) is 3.19. The molecule has 1 unspecified atom stereocenters. The number of carbonyl (C=O) groups is 1. The normalized spacial score (nSPS) is 20.5. The number of hydrogen-bond donors (Lipinski definition) is 2. The Morgan fingerprint density at radius 2 is 2.24 bits per heavy atom. The number of fused-ring (bicyclic) bond motifs is 1. The number of carbonyl (C=O) groups excluding carboxylic acids is 1. The Bertz CT molecular complexity index is 528. The molecule has 1 saturated carbocycles. The second kappa shape index (κ2) is 6.03. The number of hydrogen-bond acceptors (Lipinski definition) is 4. The molecule has 5 nitrogen and oxygen atoms in total. The second-order valence-electron chi connectivity index (χ2n) is 5.79. The number of anilines is 1. The van der Waals surface area contributed by atoms with Gasteiger partial charge in [0.1, 0.15) is 18.4 Å². The summed E-state index contributed by atoms with van der Waals surface area (Å²) in [6.45, 7) is 4.38. The monoisotopic (exact) mass is 289 g/mol. The van der Waals surface area contributed by atoms with Gasteiger partial charge in [0.25, 0.3) is 0 Å². The summed E-state index contributed by atoms with van der Waals surface area (Å²) in [5, 5.41) is 6.10. The van der Waals surface area contributed by atoms with Crippen molar-refractivity contribution in [2.45, 2.75) is 31.8 Å². The number of nitrogens with one attached hydrogen (secondary N) is 2. The molecule has 1 amide bonds. The van der Waals surface area contributed by atoms with Gasteiger partial charge < -0.3 is 20.3 Å². The van der Waals surface area contributed by atoms with Gasteiger partial charge in [-0.1, -0.05) is 13.0 Å². The van der Waals surface area contributed by atoms with Crippen molar-refractivity contribution in [3.05, 3.63) is 23.8 Å². The summed E-state index contributed by atoms with van der Waals surface area (Å²) in [5.74, 6) is 0.827. The molecule has 1 aliphatic carbocycles. The van der Waals surface area contributed by atoms with E-state index in [1.54, 1.807) is 0 Å². The molecule has 0 saturated heterocycles. The molecular weight excluding hydrogens is 266 g/mol. The summed E-state index contributed by atoms with van der Waals surface area (Å²) >= 11 is 0. The van der Waals surface area contributed by atoms with Crippen molar-refractivity contribution in [1.29, 1.82) is 0 Å². The number of ether oxygens (including phenoxy) is 1. The Morgan fingerprint density at radius 3 is 2.95 bits per heavy atom. The quantitative estimate of drug-likeness (QED) is 0.803. The minimum absolute atomic E-state index is 0.0115. The van der Waals surface area contributed by atoms with Crippen molar-refractivity contribution in [2.24, 2.45) is 0 Å². The third-order valence-corrected chi connectivity index (χ3v) is 4.15. The number of rotatable bonds is 7. The first-order valence-corrected chi connectivity index (χ1v) is 7.70. The van der Waals surface area contributed by atoms with E-state index >= 15 is 0 Å². The molecule has 1 fully saturated rings. The van der Waals surface area contributed by atoms with E-state index in [0.717, 1.165) is 36.1 Å². The number of likely N-dealkylation sites (N-methyl/N-ethyl adjacent to an activating group) is 2. The first-order chi connectivity index (χ1) is 10.2. The van der Waals surface area contributed by atoms with E-state index in [-0.39, 0.29) is 11.9 Å². The van der Waals surface area contributed by atoms with Gasteiger partial charge in [-0.05, 0) is 32.5 Å². The molecule has 1 atom stereocenters. The number of benzene rings is 1. The van der Waals surface area contributed by atoms with Crippen molar-refractivity contribution in [3.63, 3.8) is 0 Å². The van der Waals surface area contributed by atoms with E-state index in [4.69, 9.17) is 4.74 Å². The van der Waals surface area contributed by atoms with Crippen LogP contribution in [0.25, 0.3) is 0 Å². The minimum Gasteiger partial charge on any atom is -0.492 e. The van der Waals surface area contributed by atoms with Gasteiger partial charge in [-0.2, -0.15) is 0 Å². The third-order valence-electron chi connectivity index (χ3n) is 4.15. The largest absolute Gasteiger partial charge is 0.492 e. The molecule has 2 N–H and O–H groups in total. The SMILES string of the molecule is CCNC1C(=O)Nc2cc(OCCN(C)C3CC3)ccc21. The van der Waals surface area contributed by atoms with Gasteiger partial charge in [-0.15, -0.1) is 0 Å². The van der Waals surface area contributed by atoms with Gasteiger partial charge in [0.2, 0.25) is 5.91 Å². The predicted molar refractivity (Wildman–Crippen MR) is 82.6 cm³/mol. The van der Waals surface area contributed by atoms with Gasteiger partial charge in [-0.3, -0.25) is 4.79 Å². The fourth-order valence-corrected chi connectivity index (χ4v) is 2.74. The van der Waals surface area contributed by atoms with Crippen LogP contribution in [0.3, 0.4) is 0 Å². The molecule has 0 spiro atoms. The molecule has 0 aromatic heterocycles. The molecule has 1 aromatic carbocycles. The fraction of sp³-hybridized carbons (Fsp3) is 0.562. The van der Waals surface area contributed by atoms with Crippen molar-refractivity contribution in [2.75, 3.05) is 32.1 Å². The van der Waals surface area contributed by atoms with E-state index < -0.39 is 0 Å². The van der Waals surface area contributed by atoms with Crippen molar-refractivity contribution >= 4 is 11.6 Å². The lowest BCUT2D eigenvalue weighted by Gasteiger charge is -2.16. The van der Waals surface area contributed by atoms with E-state index in [2.05, 4.69) is 22.6 Å². The molecule has 2 aliphatic rings. The van der Waals surface area contributed by atoms with E-state index in [1.165, 1.54) is 12.8 Å². The first kappa shape index (κ1) is 14.4. The van der Waals surface area contributed by atoms with E-state index in [0.29, 0.717) is 6.61 Å². The average Bonchev–Trinajstić information content (AvgIpc) is 3.26. The Balaban J connectivity index is 1.58. The van der Waals surface area contributed by atoms with Gasteiger partial charge in [0, 0.05) is 29.9 Å². The van der Waals surface area contributed by atoms with Gasteiger partial charge in [-0.25, -0.2) is 0 Å². The Morgan fingerprint density at radius 1 is 1.43 bits per heavy atom. The van der Waals surface area contributed by atoms with Crippen LogP contribution in [0.1, 0.15) is 31.4 Å². The summed E-state index contributed by atoms with van der Waals surface area (Å²) in [7, 11) is 2.14. The van der Waals surface area contributed by atoms with Gasteiger partial charge in [0.05, 0.1) is 0 Å². The number of amides is 1. The maximum atomic E-state index is 11.9. The maximum absolute atomic E-state index is 11.9. The smallest absolute Gasteiger partial charge is 0.246 e. The second-order valence-corrected chi connectivity index (χ2v) is 5.79. The highest BCUT2D eigenvalue weighted by atomic mass is 16.5. The van der Waals surface area contributed by atoms with Crippen LogP contribution in [0.2, 0.25) is 0 Å². The van der Waals surface area contributed by atoms with E-state index in [9.17, 15) is 4.79 Å². The van der Waals surface area contributed by atoms with Crippen LogP contribution in [-0.4, -0.2) is 43.6 Å². The lowest BCUT2D eigenvalue weighted by molar-refractivity contribution is -0.117. The topological polar surface area (TPSA) is 53.6 Å². The molecule has 0 radical (unpaired) electrons. The van der Waals surface area contributed by atoms with E-state index in [1.807, 2.05) is 25.1 Å². The Hall–Kier alpha value is -1.59. The summed E-state index contributed by atoms with van der Waals surface area (Å²) < 4.78 is 5.80. The van der Waals surface area contributed by atoms with Gasteiger partial charge in [0.15, 0.2) is 0 Å². The highest BCUT2D eigenvalue weighted by Gasteiger charge is 2.30. The molecule has 5 heteroatoms. The van der Waals surface area contributed by atoms with Crippen LogP contribution in [0.15, 0.2) is 18.2 Å². The van der Waals surface area contributed by atoms with Gasteiger partial charge >= 0.3 is 0 Å². The Labute approximate surface area is 125 Å². The van der Waals surface area contributed by atoms with Crippen LogP contribution in [-0.2, 0) is 4.79 Å². The molecule has 0 bridgehead atoms. The number of nitrogens with zero attached hydrogens (tertiary/aromatic N) is 1. The minimum atomic E-state index is -0.236. The summed E-state index contributed by atoms with van der Waals surface area (Å²) in [5.41, 5.74) is 1.86. The summed E-state index contributed by atoms with van der Waals surface area (Å²) in [6.07, 6.45) is 2.63. The van der Waals surface area contributed by atoms with Crippen molar-refractivity contribution < 1.29 is 9.53 Å². The average molecular weight is 289 g/mol. The molecule has 1 aliphatic heterocycles. The molecule has 1 aromatic rings. The fourth-order valence-electron chi connectivity index (χ4n) is 2.74. The Kier molecular flexibility index (Phi) is 4.12. The first-order valence-electron chi connectivity index (χ1n) is 7.70. The summed E-state index contributed by atoms with van der Waals surface area (Å²) in [4.78, 5) is 14.2. The molecular formula is C16H23N3O2. The standard InChI is InChI=1S/C16H23N3O2/c1-3-17-15-13-7-6-12(10-14(13)18-16(15)20)21-9-8-19(2)11-4-5-11/h6-7,10-11,15,17H,3-5,8-9H2,1-2H3,(H,18,20). The summed E-state index contributed by atoms with van der Waals surface area (Å²) in [6, 6.07) is 6.36. The lowest BCUT2D eigenvalue weighted by atomic mass is 10.1. The van der Waals surface area contributed by atoms with Crippen LogP contribution >= 0.6 is 0 Å². The van der Waals surface area contributed by atoms with Crippen LogP contribution in [0.4, 0.5) is 5.69 Å². The molecule has 21 heavy (non-hydrogen) atoms. The zero-order chi connectivity index (χ0) is 14.8. The maximum Gasteiger partial charge on any atom is 0.246 e. The predicted octanol–water partition coefficient (Wildman–Crippen LogP) is 1.76. The highest BCUT2D eigenvalue weighted by Crippen LogP contribution is 2.33. The lowest BCUT2D eigenvalue weighted by Crippen LogP contribution is -2.27. The zero-order valence-corrected chi connectivity index (χ0v) is 12.7. The molecule has 114 valence electrons. The van der Waals surface area contributed by atoms with Crippen molar-refractivity contribution in [3.8, 4) is 5.75 Å². The molecule has 1 heterocycles. The molecule has 3 rings (SSSR count).